The molecule has 1 heterocycles. The fourth-order valence-electron chi connectivity index (χ4n) is 1.53. The van der Waals surface area contributed by atoms with E-state index < -0.39 is 6.04 Å². The molecule has 0 spiro atoms. The Balaban J connectivity index is 2.66. The SMILES string of the molecule is CCCNC(=O)C(C)NC(=O)c1cccnc1NC. The molecule has 19 heavy (non-hydrogen) atoms. The molecular weight excluding hydrogens is 244 g/mol. The highest BCUT2D eigenvalue weighted by Gasteiger charge is 2.18. The molecule has 0 radical (unpaired) electrons. The van der Waals surface area contributed by atoms with Crippen LogP contribution in [0.5, 0.6) is 0 Å². The van der Waals surface area contributed by atoms with Crippen LogP contribution in [0.25, 0.3) is 0 Å². The monoisotopic (exact) mass is 264 g/mol. The smallest absolute Gasteiger partial charge is 0.255 e. The molecule has 0 aliphatic carbocycles. The number of nitrogens with zero attached hydrogens (tertiary/aromatic N) is 1. The molecule has 6 nitrogen and oxygen atoms in total. The number of nitrogens with one attached hydrogen (secondary N) is 3. The van der Waals surface area contributed by atoms with Gasteiger partial charge in [-0.05, 0) is 25.5 Å². The average molecular weight is 264 g/mol. The number of pyridine rings is 1. The molecule has 0 aliphatic rings. The first kappa shape index (κ1) is 14.9. The maximum Gasteiger partial charge on any atom is 0.255 e. The van der Waals surface area contributed by atoms with Crippen molar-refractivity contribution in [2.45, 2.75) is 26.3 Å². The summed E-state index contributed by atoms with van der Waals surface area (Å²) in [7, 11) is 1.69. The molecule has 0 saturated heterocycles. The summed E-state index contributed by atoms with van der Waals surface area (Å²) in [6, 6.07) is 2.76. The van der Waals surface area contributed by atoms with Gasteiger partial charge in [-0.2, -0.15) is 0 Å². The van der Waals surface area contributed by atoms with Crippen LogP contribution in [0.3, 0.4) is 0 Å². The number of carbonyl (C=O) groups is 2. The molecule has 1 atom stereocenters. The van der Waals surface area contributed by atoms with Gasteiger partial charge in [-0.3, -0.25) is 9.59 Å². The van der Waals surface area contributed by atoms with Gasteiger partial charge in [0.05, 0.1) is 5.56 Å². The highest BCUT2D eigenvalue weighted by Crippen LogP contribution is 2.10. The van der Waals surface area contributed by atoms with Crippen LogP contribution in [0.2, 0.25) is 0 Å². The Kier molecular flexibility index (Phi) is 5.78. The van der Waals surface area contributed by atoms with Gasteiger partial charge < -0.3 is 16.0 Å². The molecule has 0 bridgehead atoms. The normalized spacial score (nSPS) is 11.5. The highest BCUT2D eigenvalue weighted by molar-refractivity contribution is 6.00. The minimum atomic E-state index is -0.580. The number of carbonyl (C=O) groups excluding carboxylic acids is 2. The Morgan fingerprint density at radius 3 is 2.79 bits per heavy atom. The van der Waals surface area contributed by atoms with Crippen molar-refractivity contribution in [2.75, 3.05) is 18.9 Å². The maximum absolute atomic E-state index is 12.0. The summed E-state index contributed by atoms with van der Waals surface area (Å²) in [4.78, 5) is 27.8. The van der Waals surface area contributed by atoms with E-state index in [1.807, 2.05) is 6.92 Å². The predicted octanol–water partition coefficient (Wildman–Crippen LogP) is 0.768. The zero-order valence-corrected chi connectivity index (χ0v) is 11.5. The average Bonchev–Trinajstić information content (AvgIpc) is 2.44. The molecule has 3 N–H and O–H groups in total. The Hall–Kier alpha value is -2.11. The molecule has 0 aliphatic heterocycles. The third-order valence-electron chi connectivity index (χ3n) is 2.58. The van der Waals surface area contributed by atoms with Crippen molar-refractivity contribution in [1.29, 1.82) is 0 Å². The van der Waals surface area contributed by atoms with E-state index in [0.29, 0.717) is 17.9 Å². The van der Waals surface area contributed by atoms with E-state index in [0.717, 1.165) is 6.42 Å². The van der Waals surface area contributed by atoms with E-state index in [-0.39, 0.29) is 11.8 Å². The Morgan fingerprint density at radius 1 is 1.42 bits per heavy atom. The van der Waals surface area contributed by atoms with Crippen LogP contribution in [0.4, 0.5) is 5.82 Å². The van der Waals surface area contributed by atoms with E-state index in [2.05, 4.69) is 20.9 Å². The molecule has 0 saturated carbocycles. The second kappa shape index (κ2) is 7.35. The van der Waals surface area contributed by atoms with Crippen molar-refractivity contribution in [3.8, 4) is 0 Å². The van der Waals surface area contributed by atoms with Crippen molar-refractivity contribution in [2.24, 2.45) is 0 Å². The first-order valence-corrected chi connectivity index (χ1v) is 6.31. The van der Waals surface area contributed by atoms with E-state index in [1.54, 1.807) is 32.3 Å². The van der Waals surface area contributed by atoms with Gasteiger partial charge in [0.25, 0.3) is 5.91 Å². The molecule has 0 aromatic carbocycles. The first-order chi connectivity index (χ1) is 9.10. The van der Waals surface area contributed by atoms with E-state index in [1.165, 1.54) is 0 Å². The Bertz CT molecular complexity index is 448. The van der Waals surface area contributed by atoms with Crippen molar-refractivity contribution >= 4 is 17.6 Å². The van der Waals surface area contributed by atoms with E-state index in [9.17, 15) is 9.59 Å². The largest absolute Gasteiger partial charge is 0.372 e. The predicted molar refractivity (Wildman–Crippen MR) is 74.0 cm³/mol. The minimum Gasteiger partial charge on any atom is -0.372 e. The molecule has 1 unspecified atom stereocenters. The van der Waals surface area contributed by atoms with E-state index >= 15 is 0 Å². The summed E-state index contributed by atoms with van der Waals surface area (Å²) in [6.07, 6.45) is 2.46. The van der Waals surface area contributed by atoms with Crippen molar-refractivity contribution in [3.63, 3.8) is 0 Å². The van der Waals surface area contributed by atoms with Crippen LogP contribution < -0.4 is 16.0 Å². The lowest BCUT2D eigenvalue weighted by molar-refractivity contribution is -0.122. The van der Waals surface area contributed by atoms with Crippen molar-refractivity contribution in [3.05, 3.63) is 23.9 Å². The molecule has 2 amide bonds. The van der Waals surface area contributed by atoms with E-state index in [4.69, 9.17) is 0 Å². The fraction of sp³-hybridized carbons (Fsp3) is 0.462. The van der Waals surface area contributed by atoms with Crippen molar-refractivity contribution < 1.29 is 9.59 Å². The molecule has 0 fully saturated rings. The number of hydrogen-bond donors (Lipinski definition) is 3. The van der Waals surface area contributed by atoms with Gasteiger partial charge >= 0.3 is 0 Å². The van der Waals surface area contributed by atoms with Gasteiger partial charge in [0, 0.05) is 19.8 Å². The standard InChI is InChI=1S/C13H20N4O2/c1-4-7-16-12(18)9(2)17-13(19)10-6-5-8-15-11(10)14-3/h5-6,8-9H,4,7H2,1-3H3,(H,14,15)(H,16,18)(H,17,19). The van der Waals surface area contributed by atoms with Crippen LogP contribution in [0.1, 0.15) is 30.6 Å². The number of amides is 2. The maximum atomic E-state index is 12.0. The third kappa shape index (κ3) is 4.24. The molecule has 104 valence electrons. The fourth-order valence-corrected chi connectivity index (χ4v) is 1.53. The first-order valence-electron chi connectivity index (χ1n) is 6.31. The van der Waals surface area contributed by atoms with Gasteiger partial charge in [0.2, 0.25) is 5.91 Å². The molecule has 1 rings (SSSR count). The molecule has 1 aromatic heterocycles. The lowest BCUT2D eigenvalue weighted by Crippen LogP contribution is -2.45. The van der Waals surface area contributed by atoms with Crippen LogP contribution in [0.15, 0.2) is 18.3 Å². The summed E-state index contributed by atoms with van der Waals surface area (Å²) in [5.74, 6) is -0.0251. The van der Waals surface area contributed by atoms with Gasteiger partial charge in [-0.1, -0.05) is 6.92 Å². The van der Waals surface area contributed by atoms with Crippen LogP contribution in [-0.2, 0) is 4.79 Å². The summed E-state index contributed by atoms with van der Waals surface area (Å²) in [5.41, 5.74) is 0.417. The molecular formula is C13H20N4O2. The topological polar surface area (TPSA) is 83.1 Å². The summed E-state index contributed by atoms with van der Waals surface area (Å²) in [5, 5.41) is 8.22. The zero-order valence-electron chi connectivity index (χ0n) is 11.5. The van der Waals surface area contributed by atoms with Crippen molar-refractivity contribution in [1.82, 2.24) is 15.6 Å². The number of hydrogen-bond acceptors (Lipinski definition) is 4. The lowest BCUT2D eigenvalue weighted by atomic mass is 10.2. The van der Waals surface area contributed by atoms with Crippen LogP contribution in [0, 0.1) is 0 Å². The molecule has 1 aromatic rings. The minimum absolute atomic E-state index is 0.190. The zero-order chi connectivity index (χ0) is 14.3. The number of rotatable bonds is 6. The van der Waals surface area contributed by atoms with Gasteiger partial charge in [-0.15, -0.1) is 0 Å². The second-order valence-electron chi connectivity index (χ2n) is 4.14. The van der Waals surface area contributed by atoms with Gasteiger partial charge in [0.15, 0.2) is 0 Å². The Morgan fingerprint density at radius 2 is 2.16 bits per heavy atom. The summed E-state index contributed by atoms with van der Waals surface area (Å²) >= 11 is 0. The van der Waals surface area contributed by atoms with Crippen LogP contribution >= 0.6 is 0 Å². The lowest BCUT2D eigenvalue weighted by Gasteiger charge is -2.14. The second-order valence-corrected chi connectivity index (χ2v) is 4.14. The molecule has 6 heteroatoms. The number of aromatic nitrogens is 1. The summed E-state index contributed by atoms with van der Waals surface area (Å²) in [6.45, 7) is 4.23. The number of anilines is 1. The highest BCUT2D eigenvalue weighted by atomic mass is 16.2. The quantitative estimate of drug-likeness (QED) is 0.708. The van der Waals surface area contributed by atoms with Gasteiger partial charge in [0.1, 0.15) is 11.9 Å². The van der Waals surface area contributed by atoms with Crippen LogP contribution in [-0.4, -0.2) is 36.4 Å². The Labute approximate surface area is 113 Å². The third-order valence-corrected chi connectivity index (χ3v) is 2.58. The van der Waals surface area contributed by atoms with Gasteiger partial charge in [-0.25, -0.2) is 4.98 Å². The summed E-state index contributed by atoms with van der Waals surface area (Å²) < 4.78 is 0.